The smallest absolute Gasteiger partial charge is 0.335 e. The summed E-state index contributed by atoms with van der Waals surface area (Å²) < 4.78 is 96.9. The predicted molar refractivity (Wildman–Crippen MR) is 128 cm³/mol. The van der Waals surface area contributed by atoms with Gasteiger partial charge in [-0.3, -0.25) is 0 Å². The number of nitrogens with one attached hydrogen (secondary N) is 2. The van der Waals surface area contributed by atoms with Crippen molar-refractivity contribution in [1.29, 1.82) is 0 Å². The summed E-state index contributed by atoms with van der Waals surface area (Å²) in [4.78, 5) is 13.2. The highest BCUT2D eigenvalue weighted by molar-refractivity contribution is 5.76. The first-order valence-electron chi connectivity index (χ1n) is 12.1. The van der Waals surface area contributed by atoms with Crippen LogP contribution in [0, 0.1) is 5.82 Å². The van der Waals surface area contributed by atoms with Crippen LogP contribution in [0.5, 0.6) is 0 Å². The highest BCUT2D eigenvalue weighted by Gasteiger charge is 2.41. The number of alkyl halides is 6. The Morgan fingerprint density at radius 2 is 1.32 bits per heavy atom. The van der Waals surface area contributed by atoms with E-state index in [1.165, 1.54) is 6.07 Å². The predicted octanol–water partition coefficient (Wildman–Crippen LogP) is 7.59. The van der Waals surface area contributed by atoms with Crippen molar-refractivity contribution < 1.29 is 35.5 Å². The summed E-state index contributed by atoms with van der Waals surface area (Å²) in [5.74, 6) is -1.24. The number of hydrogen-bond acceptors (Lipinski definition) is 1. The molecule has 0 bridgehead atoms. The lowest BCUT2D eigenvalue weighted by Gasteiger charge is -2.37. The van der Waals surface area contributed by atoms with E-state index >= 15 is 0 Å². The second-order valence-corrected chi connectivity index (χ2v) is 9.45. The minimum Gasteiger partial charge on any atom is -0.335 e. The topological polar surface area (TPSA) is 41.1 Å². The zero-order chi connectivity index (χ0) is 27.6. The maximum absolute atomic E-state index is 14.7. The SMILES string of the molecule is O=C(NC1CCCC1)NC(Cc1ccccc1)(c1cccc(C(F)(F)F)c1)c1cc(F)cc(C(F)(F)F)c1. The molecule has 10 heteroatoms. The molecule has 0 spiro atoms. The lowest BCUT2D eigenvalue weighted by molar-refractivity contribution is -0.138. The molecule has 1 saturated carbocycles. The molecule has 1 aliphatic rings. The van der Waals surface area contributed by atoms with Crippen LogP contribution < -0.4 is 10.6 Å². The van der Waals surface area contributed by atoms with Crippen molar-refractivity contribution in [2.45, 2.75) is 56.0 Å². The summed E-state index contributed by atoms with van der Waals surface area (Å²) in [5, 5.41) is 5.45. The van der Waals surface area contributed by atoms with Crippen molar-refractivity contribution in [3.05, 3.63) is 106 Å². The molecule has 0 radical (unpaired) electrons. The van der Waals surface area contributed by atoms with Gasteiger partial charge in [0, 0.05) is 12.5 Å². The first kappa shape index (κ1) is 27.5. The summed E-state index contributed by atoms with van der Waals surface area (Å²) in [6.45, 7) is 0. The molecule has 38 heavy (non-hydrogen) atoms. The van der Waals surface area contributed by atoms with Crippen LogP contribution in [0.25, 0.3) is 0 Å². The number of hydrogen-bond donors (Lipinski definition) is 2. The van der Waals surface area contributed by atoms with Crippen molar-refractivity contribution in [3.8, 4) is 0 Å². The van der Waals surface area contributed by atoms with Gasteiger partial charge in [0.25, 0.3) is 0 Å². The van der Waals surface area contributed by atoms with Crippen LogP contribution in [-0.4, -0.2) is 12.1 Å². The van der Waals surface area contributed by atoms with Gasteiger partial charge in [-0.2, -0.15) is 26.3 Å². The summed E-state index contributed by atoms with van der Waals surface area (Å²) in [5.41, 5.74) is -4.34. The molecule has 202 valence electrons. The molecule has 1 unspecified atom stereocenters. The molecule has 4 rings (SSSR count). The normalized spacial score (nSPS) is 16.2. The van der Waals surface area contributed by atoms with Gasteiger partial charge in [-0.05, 0) is 59.9 Å². The van der Waals surface area contributed by atoms with Gasteiger partial charge in [-0.25, -0.2) is 9.18 Å². The van der Waals surface area contributed by atoms with Gasteiger partial charge < -0.3 is 10.6 Å². The Hall–Kier alpha value is -3.56. The Labute approximate surface area is 215 Å². The van der Waals surface area contributed by atoms with Gasteiger partial charge >= 0.3 is 18.4 Å². The van der Waals surface area contributed by atoms with E-state index in [2.05, 4.69) is 10.6 Å². The van der Waals surface area contributed by atoms with Crippen LogP contribution in [0.4, 0.5) is 35.5 Å². The first-order valence-corrected chi connectivity index (χ1v) is 12.1. The number of amides is 2. The zero-order valence-corrected chi connectivity index (χ0v) is 20.1. The standard InChI is InChI=1S/C28H25F7N2O/c29-23-15-21(14-22(16-23)28(33,34)35)26(17-18-7-2-1-3-8-18,37-25(38)36-24-11-4-5-12-24)19-9-6-10-20(13-19)27(30,31)32/h1-3,6-10,13-16,24H,4-5,11-12,17H2,(H2,36,37,38). The maximum Gasteiger partial charge on any atom is 0.416 e. The lowest BCUT2D eigenvalue weighted by Crippen LogP contribution is -2.53. The number of rotatable bonds is 6. The van der Waals surface area contributed by atoms with Crippen LogP contribution >= 0.6 is 0 Å². The minimum absolute atomic E-state index is 0.142. The fourth-order valence-electron chi connectivity index (χ4n) is 4.91. The van der Waals surface area contributed by atoms with Crippen molar-refractivity contribution in [1.82, 2.24) is 10.6 Å². The second kappa shape index (κ2) is 10.7. The Kier molecular flexibility index (Phi) is 7.71. The fourth-order valence-corrected chi connectivity index (χ4v) is 4.91. The monoisotopic (exact) mass is 538 g/mol. The molecule has 3 aromatic carbocycles. The Bertz CT molecular complexity index is 1270. The van der Waals surface area contributed by atoms with Gasteiger partial charge in [0.15, 0.2) is 0 Å². The highest BCUT2D eigenvalue weighted by Crippen LogP contribution is 2.40. The summed E-state index contributed by atoms with van der Waals surface area (Å²) >= 11 is 0. The van der Waals surface area contributed by atoms with Gasteiger partial charge in [0.1, 0.15) is 5.82 Å². The third-order valence-electron chi connectivity index (χ3n) is 6.73. The molecule has 1 fully saturated rings. The van der Waals surface area contributed by atoms with Crippen LogP contribution in [0.15, 0.2) is 72.8 Å². The first-order chi connectivity index (χ1) is 17.9. The number of halogens is 7. The van der Waals surface area contributed by atoms with E-state index in [1.807, 2.05) is 0 Å². The molecule has 0 saturated heterocycles. The molecular formula is C28H25F7N2O. The molecule has 0 aromatic heterocycles. The second-order valence-electron chi connectivity index (χ2n) is 9.45. The fraction of sp³-hybridized carbons (Fsp3) is 0.321. The average Bonchev–Trinajstić information content (AvgIpc) is 3.36. The third-order valence-corrected chi connectivity index (χ3v) is 6.73. The van der Waals surface area contributed by atoms with E-state index in [0.717, 1.165) is 37.1 Å². The van der Waals surface area contributed by atoms with Crippen LogP contribution in [-0.2, 0) is 24.3 Å². The molecule has 0 aliphatic heterocycles. The Morgan fingerprint density at radius 3 is 1.95 bits per heavy atom. The zero-order valence-electron chi connectivity index (χ0n) is 20.1. The van der Waals surface area contributed by atoms with Crippen molar-refractivity contribution >= 4 is 6.03 Å². The van der Waals surface area contributed by atoms with Gasteiger partial charge in [0.2, 0.25) is 0 Å². The average molecular weight is 539 g/mol. The molecule has 2 amide bonds. The maximum atomic E-state index is 14.7. The number of carbonyl (C=O) groups excluding carboxylic acids is 1. The Morgan fingerprint density at radius 1 is 0.737 bits per heavy atom. The molecule has 2 N–H and O–H groups in total. The van der Waals surface area contributed by atoms with Crippen molar-refractivity contribution in [2.75, 3.05) is 0 Å². The largest absolute Gasteiger partial charge is 0.416 e. The molecule has 1 atom stereocenters. The summed E-state index contributed by atoms with van der Waals surface area (Å²) in [7, 11) is 0. The third kappa shape index (κ3) is 6.28. The van der Waals surface area contributed by atoms with E-state index in [1.54, 1.807) is 30.3 Å². The van der Waals surface area contributed by atoms with Gasteiger partial charge in [-0.1, -0.05) is 55.3 Å². The molecule has 0 heterocycles. The molecule has 3 nitrogen and oxygen atoms in total. The van der Waals surface area contributed by atoms with E-state index in [-0.39, 0.29) is 23.6 Å². The Balaban J connectivity index is 1.95. The number of carbonyl (C=O) groups is 1. The lowest BCUT2D eigenvalue weighted by atomic mass is 9.77. The van der Waals surface area contributed by atoms with Crippen LogP contribution in [0.2, 0.25) is 0 Å². The number of benzene rings is 3. The quantitative estimate of drug-likeness (QED) is 0.312. The molecule has 1 aliphatic carbocycles. The van der Waals surface area contributed by atoms with E-state index in [4.69, 9.17) is 0 Å². The number of urea groups is 1. The van der Waals surface area contributed by atoms with Crippen molar-refractivity contribution in [3.63, 3.8) is 0 Å². The summed E-state index contributed by atoms with van der Waals surface area (Å²) in [6.07, 6.45) is -6.79. The van der Waals surface area contributed by atoms with Gasteiger partial charge in [0.05, 0.1) is 16.7 Å². The van der Waals surface area contributed by atoms with Crippen LogP contribution in [0.1, 0.15) is 53.5 Å². The summed E-state index contributed by atoms with van der Waals surface area (Å²) in [6, 6.07) is 13.1. The van der Waals surface area contributed by atoms with Gasteiger partial charge in [-0.15, -0.1) is 0 Å². The van der Waals surface area contributed by atoms with E-state index in [9.17, 15) is 35.5 Å². The van der Waals surface area contributed by atoms with E-state index < -0.39 is 40.9 Å². The van der Waals surface area contributed by atoms with Crippen molar-refractivity contribution in [2.24, 2.45) is 0 Å². The van der Waals surface area contributed by atoms with E-state index in [0.29, 0.717) is 30.5 Å². The highest BCUT2D eigenvalue weighted by atomic mass is 19.4. The minimum atomic E-state index is -4.94. The molecule has 3 aromatic rings. The molecular weight excluding hydrogens is 513 g/mol. The van der Waals surface area contributed by atoms with Crippen LogP contribution in [0.3, 0.4) is 0 Å².